The van der Waals surface area contributed by atoms with Crippen LogP contribution in [0.15, 0.2) is 76.1 Å². The molecule has 0 amide bonds. The van der Waals surface area contributed by atoms with E-state index in [0.29, 0.717) is 44.9 Å². The SMILES string of the molecule is COc1ccc(-c2coc3c4c(cc(OC)c3c2=O)OC(=O)CC4c2ccccc2)cc1. The average molecular weight is 428 g/mol. The number of esters is 1. The van der Waals surface area contributed by atoms with Crippen LogP contribution in [0.1, 0.15) is 23.5 Å². The molecule has 4 aromatic rings. The van der Waals surface area contributed by atoms with E-state index in [-0.39, 0.29) is 23.7 Å². The molecule has 5 rings (SSSR count). The Hall–Kier alpha value is -4.06. The van der Waals surface area contributed by atoms with Crippen molar-refractivity contribution < 1.29 is 23.4 Å². The average Bonchev–Trinajstić information content (AvgIpc) is 2.83. The van der Waals surface area contributed by atoms with Gasteiger partial charge in [-0.2, -0.15) is 0 Å². The molecule has 0 aliphatic carbocycles. The van der Waals surface area contributed by atoms with Crippen LogP contribution >= 0.6 is 0 Å². The fraction of sp³-hybridized carbons (Fsp3) is 0.154. The quantitative estimate of drug-likeness (QED) is 0.339. The summed E-state index contributed by atoms with van der Waals surface area (Å²) in [5.41, 5.74) is 2.86. The van der Waals surface area contributed by atoms with Crippen LogP contribution in [0.25, 0.3) is 22.1 Å². The van der Waals surface area contributed by atoms with Gasteiger partial charge in [-0.3, -0.25) is 9.59 Å². The van der Waals surface area contributed by atoms with E-state index in [0.717, 1.165) is 5.56 Å². The van der Waals surface area contributed by atoms with E-state index in [9.17, 15) is 9.59 Å². The van der Waals surface area contributed by atoms with Crippen LogP contribution in [0.3, 0.4) is 0 Å². The van der Waals surface area contributed by atoms with Crippen molar-refractivity contribution in [2.45, 2.75) is 12.3 Å². The first-order valence-electron chi connectivity index (χ1n) is 10.2. The van der Waals surface area contributed by atoms with E-state index in [2.05, 4.69) is 0 Å². The van der Waals surface area contributed by atoms with Crippen LogP contribution in [0.5, 0.6) is 17.2 Å². The molecule has 6 nitrogen and oxygen atoms in total. The minimum atomic E-state index is -0.343. The van der Waals surface area contributed by atoms with Gasteiger partial charge in [0.05, 0.1) is 26.2 Å². The molecule has 32 heavy (non-hydrogen) atoms. The summed E-state index contributed by atoms with van der Waals surface area (Å²) in [5, 5.41) is 0.318. The van der Waals surface area contributed by atoms with Crippen LogP contribution < -0.4 is 19.6 Å². The molecule has 0 saturated carbocycles. The minimum Gasteiger partial charge on any atom is -0.497 e. The molecular formula is C26H20O6. The van der Waals surface area contributed by atoms with Crippen molar-refractivity contribution in [2.75, 3.05) is 14.2 Å². The number of benzene rings is 3. The third kappa shape index (κ3) is 3.21. The van der Waals surface area contributed by atoms with Gasteiger partial charge in [-0.1, -0.05) is 42.5 Å². The lowest BCUT2D eigenvalue weighted by Gasteiger charge is -2.26. The van der Waals surface area contributed by atoms with Crippen LogP contribution in [-0.4, -0.2) is 20.2 Å². The highest BCUT2D eigenvalue weighted by Crippen LogP contribution is 2.45. The Bertz CT molecular complexity index is 1370. The Labute approximate surface area is 184 Å². The zero-order chi connectivity index (χ0) is 22.2. The third-order valence-corrected chi connectivity index (χ3v) is 5.78. The summed E-state index contributed by atoms with van der Waals surface area (Å²) < 4.78 is 22.3. The van der Waals surface area contributed by atoms with Gasteiger partial charge in [-0.15, -0.1) is 0 Å². The van der Waals surface area contributed by atoms with Gasteiger partial charge in [0.1, 0.15) is 34.5 Å². The van der Waals surface area contributed by atoms with Gasteiger partial charge < -0.3 is 18.6 Å². The summed E-state index contributed by atoms with van der Waals surface area (Å²) in [6, 6.07) is 18.4. The number of methoxy groups -OCH3 is 2. The van der Waals surface area contributed by atoms with Crippen LogP contribution in [0.2, 0.25) is 0 Å². The molecular weight excluding hydrogens is 408 g/mol. The van der Waals surface area contributed by atoms with Gasteiger partial charge in [0.25, 0.3) is 0 Å². The van der Waals surface area contributed by atoms with Crippen LogP contribution in [-0.2, 0) is 4.79 Å². The molecule has 1 unspecified atom stereocenters. The molecule has 2 heterocycles. The molecule has 1 aliphatic heterocycles. The Morgan fingerprint density at radius 3 is 2.38 bits per heavy atom. The van der Waals surface area contributed by atoms with Crippen molar-refractivity contribution in [3.05, 3.63) is 88.3 Å². The molecule has 0 saturated heterocycles. The van der Waals surface area contributed by atoms with E-state index in [1.54, 1.807) is 37.4 Å². The standard InChI is InChI=1S/C26H20O6/c1-29-17-10-8-16(9-11-17)19-14-31-26-23-18(15-6-4-3-5-7-15)12-22(27)32-21(23)13-20(30-2)24(26)25(19)28/h3-11,13-14,18H,12H2,1-2H3. The highest BCUT2D eigenvalue weighted by molar-refractivity contribution is 5.94. The maximum Gasteiger partial charge on any atom is 0.312 e. The maximum absolute atomic E-state index is 13.6. The van der Waals surface area contributed by atoms with Gasteiger partial charge >= 0.3 is 5.97 Å². The smallest absolute Gasteiger partial charge is 0.312 e. The maximum atomic E-state index is 13.6. The van der Waals surface area contributed by atoms with E-state index in [1.807, 2.05) is 30.3 Å². The minimum absolute atomic E-state index is 0.155. The van der Waals surface area contributed by atoms with E-state index >= 15 is 0 Å². The molecule has 160 valence electrons. The summed E-state index contributed by atoms with van der Waals surface area (Å²) in [6.07, 6.45) is 1.60. The molecule has 0 radical (unpaired) electrons. The molecule has 0 fully saturated rings. The number of rotatable bonds is 4. The molecule has 1 aliphatic rings. The van der Waals surface area contributed by atoms with Crippen molar-refractivity contribution in [1.29, 1.82) is 0 Å². The molecule has 0 N–H and O–H groups in total. The number of ether oxygens (including phenoxy) is 3. The largest absolute Gasteiger partial charge is 0.497 e. The first-order chi connectivity index (χ1) is 15.6. The number of carbonyl (C=O) groups excluding carboxylic acids is 1. The Morgan fingerprint density at radius 2 is 1.69 bits per heavy atom. The van der Waals surface area contributed by atoms with Gasteiger partial charge in [-0.25, -0.2) is 0 Å². The van der Waals surface area contributed by atoms with Gasteiger partial charge in [-0.05, 0) is 23.3 Å². The van der Waals surface area contributed by atoms with Crippen molar-refractivity contribution in [2.24, 2.45) is 0 Å². The van der Waals surface area contributed by atoms with E-state index in [4.69, 9.17) is 18.6 Å². The Morgan fingerprint density at radius 1 is 0.938 bits per heavy atom. The lowest BCUT2D eigenvalue weighted by Crippen LogP contribution is -2.22. The first-order valence-corrected chi connectivity index (χ1v) is 10.2. The topological polar surface area (TPSA) is 75.0 Å². The summed E-state index contributed by atoms with van der Waals surface area (Å²) in [4.78, 5) is 25.9. The van der Waals surface area contributed by atoms with Gasteiger partial charge in [0, 0.05) is 17.5 Å². The van der Waals surface area contributed by atoms with Crippen LogP contribution in [0, 0.1) is 0 Å². The zero-order valence-corrected chi connectivity index (χ0v) is 17.6. The lowest BCUT2D eigenvalue weighted by atomic mass is 9.85. The van der Waals surface area contributed by atoms with Gasteiger partial charge in [0.2, 0.25) is 5.43 Å². The first kappa shape index (κ1) is 19.9. The lowest BCUT2D eigenvalue weighted by molar-refractivity contribution is -0.135. The predicted molar refractivity (Wildman–Crippen MR) is 120 cm³/mol. The Balaban J connectivity index is 1.77. The fourth-order valence-electron chi connectivity index (χ4n) is 4.22. The summed E-state index contributed by atoms with van der Waals surface area (Å²) in [6.45, 7) is 0. The molecule has 6 heteroatoms. The number of fused-ring (bicyclic) bond motifs is 3. The molecule has 3 aromatic carbocycles. The van der Waals surface area contributed by atoms with E-state index < -0.39 is 0 Å². The van der Waals surface area contributed by atoms with Crippen LogP contribution in [0.4, 0.5) is 0 Å². The fourth-order valence-corrected chi connectivity index (χ4v) is 4.22. The second-order valence-electron chi connectivity index (χ2n) is 7.54. The number of hydrogen-bond donors (Lipinski definition) is 0. The zero-order valence-electron chi connectivity index (χ0n) is 17.6. The Kier molecular flexibility index (Phi) is 4.90. The van der Waals surface area contributed by atoms with Gasteiger partial charge in [0.15, 0.2) is 0 Å². The van der Waals surface area contributed by atoms with Crippen molar-refractivity contribution in [3.63, 3.8) is 0 Å². The summed E-state index contributed by atoms with van der Waals surface area (Å²) >= 11 is 0. The summed E-state index contributed by atoms with van der Waals surface area (Å²) in [5.74, 6) is 0.697. The third-order valence-electron chi connectivity index (χ3n) is 5.78. The molecule has 0 spiro atoms. The molecule has 1 aromatic heterocycles. The van der Waals surface area contributed by atoms with Crippen molar-refractivity contribution >= 4 is 16.9 Å². The second-order valence-corrected chi connectivity index (χ2v) is 7.54. The monoisotopic (exact) mass is 428 g/mol. The predicted octanol–water partition coefficient (Wildman–Crippen LogP) is 4.92. The normalized spacial score (nSPS) is 15.2. The second kappa shape index (κ2) is 7.89. The highest BCUT2D eigenvalue weighted by Gasteiger charge is 2.33. The van der Waals surface area contributed by atoms with E-state index in [1.165, 1.54) is 13.4 Å². The summed E-state index contributed by atoms with van der Waals surface area (Å²) in [7, 11) is 3.06. The molecule has 1 atom stereocenters. The highest BCUT2D eigenvalue weighted by atomic mass is 16.5. The van der Waals surface area contributed by atoms with Crippen molar-refractivity contribution in [3.8, 4) is 28.4 Å². The number of carbonyl (C=O) groups is 1. The number of hydrogen-bond acceptors (Lipinski definition) is 6. The molecule has 0 bridgehead atoms. The van der Waals surface area contributed by atoms with Crippen molar-refractivity contribution in [1.82, 2.24) is 0 Å².